The van der Waals surface area contributed by atoms with Gasteiger partial charge in [-0.2, -0.15) is 13.2 Å². The van der Waals surface area contributed by atoms with Crippen molar-refractivity contribution >= 4 is 17.6 Å². The summed E-state index contributed by atoms with van der Waals surface area (Å²) < 4.78 is 46.5. The minimum absolute atomic E-state index is 0.196. The number of amidine groups is 1. The van der Waals surface area contributed by atoms with Crippen LogP contribution in [-0.2, 0) is 16.1 Å². The van der Waals surface area contributed by atoms with Gasteiger partial charge in [-0.15, -0.1) is 0 Å². The van der Waals surface area contributed by atoms with E-state index in [0.717, 1.165) is 11.8 Å². The lowest BCUT2D eigenvalue weighted by molar-refractivity contribution is -0.200. The Balaban J connectivity index is 2.13. The molecular weight excluding hydrogens is 351 g/mol. The molecule has 2 aromatic rings. The molecule has 136 valence electrons. The molecule has 0 unspecified atom stereocenters. The highest BCUT2D eigenvalue weighted by atomic mass is 19.4. The number of amides is 2. The van der Waals surface area contributed by atoms with Crippen molar-refractivity contribution in [2.45, 2.75) is 25.3 Å². The smallest absolute Gasteiger partial charge is 0.442 e. The Labute approximate surface area is 146 Å². The van der Waals surface area contributed by atoms with E-state index in [2.05, 4.69) is 4.99 Å². The van der Waals surface area contributed by atoms with Crippen molar-refractivity contribution in [1.29, 1.82) is 0 Å². The molecule has 0 fully saturated rings. The molecule has 0 saturated carbocycles. The number of hydrogen-bond donors (Lipinski definition) is 1. The quantitative estimate of drug-likeness (QED) is 0.905. The van der Waals surface area contributed by atoms with E-state index >= 15 is 0 Å². The highest BCUT2D eigenvalue weighted by Gasteiger charge is 2.67. The summed E-state index contributed by atoms with van der Waals surface area (Å²) in [6, 6.07) is 11.0. The fourth-order valence-corrected chi connectivity index (χ4v) is 2.66. The van der Waals surface area contributed by atoms with Crippen molar-refractivity contribution in [3.8, 4) is 0 Å². The Hall–Kier alpha value is -3.10. The number of nitrogens with one attached hydrogen (secondary N) is 1. The average molecular weight is 365 g/mol. The van der Waals surface area contributed by atoms with Gasteiger partial charge < -0.3 is 9.73 Å². The molecule has 0 radical (unpaired) electrons. The van der Waals surface area contributed by atoms with Crippen LogP contribution in [0, 0.1) is 0 Å². The number of nitrogens with zero attached hydrogens (tertiary/aromatic N) is 2. The molecular formula is C17H14F3N3O3. The van der Waals surface area contributed by atoms with Gasteiger partial charge in [0, 0.05) is 12.5 Å². The maximum absolute atomic E-state index is 13.8. The number of halogens is 3. The number of alkyl halides is 3. The summed E-state index contributed by atoms with van der Waals surface area (Å²) in [6.07, 6.45) is -3.77. The summed E-state index contributed by atoms with van der Waals surface area (Å²) in [5.41, 5.74) is -3.06. The van der Waals surface area contributed by atoms with E-state index in [1.54, 1.807) is 29.6 Å². The van der Waals surface area contributed by atoms with Gasteiger partial charge >= 0.3 is 11.8 Å². The summed E-state index contributed by atoms with van der Waals surface area (Å²) in [6.45, 7) is 0.643. The van der Waals surface area contributed by atoms with E-state index in [9.17, 15) is 22.8 Å². The number of rotatable bonds is 4. The van der Waals surface area contributed by atoms with Crippen LogP contribution in [0.2, 0.25) is 0 Å². The van der Waals surface area contributed by atoms with Gasteiger partial charge in [-0.1, -0.05) is 30.3 Å². The van der Waals surface area contributed by atoms with Crippen LogP contribution in [0.5, 0.6) is 0 Å². The summed E-state index contributed by atoms with van der Waals surface area (Å²) in [7, 11) is 0. The van der Waals surface area contributed by atoms with Crippen LogP contribution >= 0.6 is 0 Å². The van der Waals surface area contributed by atoms with Crippen LogP contribution in [0.25, 0.3) is 0 Å². The Morgan fingerprint density at radius 1 is 1.23 bits per heavy atom. The maximum atomic E-state index is 13.8. The molecule has 0 bridgehead atoms. The second-order valence-electron chi connectivity index (χ2n) is 5.66. The molecule has 1 aromatic carbocycles. The summed E-state index contributed by atoms with van der Waals surface area (Å²) >= 11 is 0. The molecule has 9 heteroatoms. The molecule has 0 spiro atoms. The van der Waals surface area contributed by atoms with Crippen LogP contribution < -0.4 is 5.32 Å². The second kappa shape index (κ2) is 6.32. The molecule has 0 aliphatic carbocycles. The van der Waals surface area contributed by atoms with Crippen LogP contribution in [-0.4, -0.2) is 34.4 Å². The van der Waals surface area contributed by atoms with Gasteiger partial charge in [0.15, 0.2) is 0 Å². The van der Waals surface area contributed by atoms with Gasteiger partial charge in [0.1, 0.15) is 11.6 Å². The summed E-state index contributed by atoms with van der Waals surface area (Å²) in [5.74, 6) is -2.33. The normalized spacial score (nSPS) is 20.2. The van der Waals surface area contributed by atoms with Crippen molar-refractivity contribution in [2.24, 2.45) is 4.99 Å². The standard InChI is InChI=1S/C17H14F3N3O3/c1-11(24)21-16(17(18,19)20)15(25)23(10-13-8-5-9-26-13)14(22-16)12-6-3-2-4-7-12/h2-9H,10H2,1H3,(H,21,24)/t16-/m0/s1. The van der Waals surface area contributed by atoms with E-state index in [1.807, 2.05) is 0 Å². The molecule has 1 aliphatic rings. The highest BCUT2D eigenvalue weighted by Crippen LogP contribution is 2.38. The van der Waals surface area contributed by atoms with Gasteiger partial charge in [-0.25, -0.2) is 4.99 Å². The van der Waals surface area contributed by atoms with E-state index < -0.39 is 23.7 Å². The van der Waals surface area contributed by atoms with E-state index in [1.165, 1.54) is 24.5 Å². The number of carbonyl (C=O) groups excluding carboxylic acids is 2. The predicted molar refractivity (Wildman–Crippen MR) is 84.8 cm³/mol. The fourth-order valence-electron chi connectivity index (χ4n) is 2.66. The SMILES string of the molecule is CC(=O)N[C@]1(C(F)(F)F)N=C(c2ccccc2)N(Cc2ccco2)C1=O. The zero-order chi connectivity index (χ0) is 18.9. The van der Waals surface area contributed by atoms with Crippen molar-refractivity contribution in [1.82, 2.24) is 10.2 Å². The monoisotopic (exact) mass is 365 g/mol. The zero-order valence-corrected chi connectivity index (χ0v) is 13.6. The summed E-state index contributed by atoms with van der Waals surface area (Å²) in [4.78, 5) is 28.6. The van der Waals surface area contributed by atoms with Gasteiger partial charge in [0.2, 0.25) is 5.91 Å². The molecule has 6 nitrogen and oxygen atoms in total. The van der Waals surface area contributed by atoms with Gasteiger partial charge in [0.25, 0.3) is 5.91 Å². The molecule has 2 heterocycles. The molecule has 0 saturated heterocycles. The number of hydrogen-bond acceptors (Lipinski definition) is 4. The third kappa shape index (κ3) is 2.96. The fraction of sp³-hybridized carbons (Fsp3) is 0.235. The van der Waals surface area contributed by atoms with Crippen LogP contribution in [0.15, 0.2) is 58.1 Å². The van der Waals surface area contributed by atoms with Crippen LogP contribution in [0.1, 0.15) is 18.2 Å². The van der Waals surface area contributed by atoms with Crippen molar-refractivity contribution in [2.75, 3.05) is 0 Å². The van der Waals surface area contributed by atoms with Gasteiger partial charge in [-0.3, -0.25) is 14.5 Å². The van der Waals surface area contributed by atoms with E-state index in [4.69, 9.17) is 4.42 Å². The first-order valence-corrected chi connectivity index (χ1v) is 7.60. The van der Waals surface area contributed by atoms with Crippen molar-refractivity contribution in [3.63, 3.8) is 0 Å². The number of furan rings is 1. The van der Waals surface area contributed by atoms with E-state index in [0.29, 0.717) is 5.56 Å². The largest absolute Gasteiger partial charge is 0.467 e. The topological polar surface area (TPSA) is 74.9 Å². The number of benzene rings is 1. The Kier molecular flexibility index (Phi) is 4.31. The molecule has 26 heavy (non-hydrogen) atoms. The first-order valence-electron chi connectivity index (χ1n) is 7.60. The highest BCUT2D eigenvalue weighted by molar-refractivity contribution is 6.16. The second-order valence-corrected chi connectivity index (χ2v) is 5.66. The molecule has 1 N–H and O–H groups in total. The van der Waals surface area contributed by atoms with Crippen molar-refractivity contribution in [3.05, 3.63) is 60.1 Å². The molecule has 2 amide bonds. The number of aliphatic imine (C=N–C) groups is 1. The predicted octanol–water partition coefficient (Wildman–Crippen LogP) is 2.46. The lowest BCUT2D eigenvalue weighted by atomic mass is 10.1. The van der Waals surface area contributed by atoms with Crippen molar-refractivity contribution < 1.29 is 27.2 Å². The van der Waals surface area contributed by atoms with Crippen LogP contribution in [0.4, 0.5) is 13.2 Å². The molecule has 1 aromatic heterocycles. The van der Waals surface area contributed by atoms with Gasteiger partial charge in [-0.05, 0) is 12.1 Å². The van der Waals surface area contributed by atoms with E-state index in [-0.39, 0.29) is 18.1 Å². The first-order chi connectivity index (χ1) is 12.2. The molecule has 1 aliphatic heterocycles. The Morgan fingerprint density at radius 3 is 2.46 bits per heavy atom. The third-order valence-electron chi connectivity index (χ3n) is 3.78. The lowest BCUT2D eigenvalue weighted by Crippen LogP contribution is -2.62. The lowest BCUT2D eigenvalue weighted by Gasteiger charge is -2.28. The Bertz CT molecular complexity index is 847. The molecule has 3 rings (SSSR count). The number of carbonyl (C=O) groups is 2. The third-order valence-corrected chi connectivity index (χ3v) is 3.78. The Morgan fingerprint density at radius 2 is 1.92 bits per heavy atom. The summed E-state index contributed by atoms with van der Waals surface area (Å²) in [5, 5.41) is 1.68. The zero-order valence-electron chi connectivity index (χ0n) is 13.6. The minimum atomic E-state index is -5.12. The van der Waals surface area contributed by atoms with Gasteiger partial charge in [0.05, 0.1) is 12.8 Å². The van der Waals surface area contributed by atoms with Crippen LogP contribution in [0.3, 0.4) is 0 Å². The minimum Gasteiger partial charge on any atom is -0.467 e. The average Bonchev–Trinajstić information content (AvgIpc) is 3.17. The maximum Gasteiger partial charge on any atom is 0.442 e. The molecule has 1 atom stereocenters. The first kappa shape index (κ1) is 17.7.